The van der Waals surface area contributed by atoms with Crippen LogP contribution in [0.2, 0.25) is 0 Å². The van der Waals surface area contributed by atoms with E-state index >= 15 is 0 Å². The third kappa shape index (κ3) is 5.59. The molecule has 1 fully saturated rings. The van der Waals surface area contributed by atoms with Gasteiger partial charge in [-0.3, -0.25) is 9.59 Å². The lowest BCUT2D eigenvalue weighted by Crippen LogP contribution is -2.50. The number of piperidine rings is 1. The second kappa shape index (κ2) is 8.99. The monoisotopic (exact) mass is 342 g/mol. The van der Waals surface area contributed by atoms with E-state index in [2.05, 4.69) is 17.6 Å². The number of halogens is 2. The number of Topliss-reactive ketones (excluding diaryl/α,β-unsaturated/α-hetero) is 1. The molecule has 1 aromatic rings. The molecule has 1 saturated heterocycles. The number of hydrogen-bond donors (Lipinski definition) is 2. The Kier molecular flexibility index (Phi) is 7.65. The predicted molar refractivity (Wildman–Crippen MR) is 90.3 cm³/mol. The fraction of sp³-hybridized carbons (Fsp3) is 0.529. The molecule has 1 aliphatic heterocycles. The van der Waals surface area contributed by atoms with E-state index in [-0.39, 0.29) is 36.6 Å². The van der Waals surface area contributed by atoms with Gasteiger partial charge in [0.15, 0.2) is 5.78 Å². The first-order valence-corrected chi connectivity index (χ1v) is 7.77. The van der Waals surface area contributed by atoms with Gasteiger partial charge < -0.3 is 10.6 Å². The first-order chi connectivity index (χ1) is 10.5. The second-order valence-electron chi connectivity index (χ2n) is 6.12. The molecule has 1 aliphatic rings. The summed E-state index contributed by atoms with van der Waals surface area (Å²) in [5.74, 6) is -0.806. The fourth-order valence-corrected chi connectivity index (χ4v) is 2.75. The van der Waals surface area contributed by atoms with E-state index in [9.17, 15) is 14.0 Å². The molecule has 1 aromatic carbocycles. The summed E-state index contributed by atoms with van der Waals surface area (Å²) >= 11 is 0. The molecule has 2 rings (SSSR count). The van der Waals surface area contributed by atoms with Crippen molar-refractivity contribution in [3.8, 4) is 0 Å². The smallest absolute Gasteiger partial charge is 0.220 e. The van der Waals surface area contributed by atoms with Crippen LogP contribution in [0.25, 0.3) is 0 Å². The molecule has 128 valence electrons. The van der Waals surface area contributed by atoms with Crippen molar-refractivity contribution in [1.29, 1.82) is 0 Å². The number of carbonyl (C=O) groups is 2. The Bertz CT molecular complexity index is 553. The van der Waals surface area contributed by atoms with Gasteiger partial charge in [0, 0.05) is 30.5 Å². The van der Waals surface area contributed by atoms with Gasteiger partial charge in [0.25, 0.3) is 0 Å². The highest BCUT2D eigenvalue weighted by Gasteiger charge is 2.25. The van der Waals surface area contributed by atoms with E-state index in [0.29, 0.717) is 11.5 Å². The van der Waals surface area contributed by atoms with Gasteiger partial charge in [-0.15, -0.1) is 12.4 Å². The van der Waals surface area contributed by atoms with E-state index < -0.39 is 11.7 Å². The van der Waals surface area contributed by atoms with Crippen molar-refractivity contribution in [3.05, 3.63) is 35.6 Å². The Morgan fingerprint density at radius 1 is 1.43 bits per heavy atom. The van der Waals surface area contributed by atoms with Gasteiger partial charge in [0.05, 0.1) is 0 Å². The summed E-state index contributed by atoms with van der Waals surface area (Å²) in [5, 5.41) is 6.24. The zero-order chi connectivity index (χ0) is 16.1. The Morgan fingerprint density at radius 2 is 2.17 bits per heavy atom. The van der Waals surface area contributed by atoms with E-state index in [1.807, 2.05) is 0 Å². The summed E-state index contributed by atoms with van der Waals surface area (Å²) in [6, 6.07) is 5.70. The number of rotatable bonds is 5. The van der Waals surface area contributed by atoms with Gasteiger partial charge in [-0.05, 0) is 31.0 Å². The largest absolute Gasteiger partial charge is 0.352 e. The molecule has 0 aliphatic carbocycles. The number of ketones is 1. The van der Waals surface area contributed by atoms with E-state index in [4.69, 9.17) is 0 Å². The molecule has 3 atom stereocenters. The third-order valence-electron chi connectivity index (χ3n) is 4.22. The molecule has 0 bridgehead atoms. The molecule has 1 heterocycles. The highest BCUT2D eigenvalue weighted by Crippen LogP contribution is 2.15. The normalized spacial score (nSPS) is 21.9. The second-order valence-corrected chi connectivity index (χ2v) is 6.12. The molecule has 0 aromatic heterocycles. The van der Waals surface area contributed by atoms with Gasteiger partial charge in [-0.1, -0.05) is 26.0 Å². The SMILES string of the molecule is CC(CC(=O)NC1CNCCC1C)C(=O)c1cccc(F)c1.Cl. The number of amides is 1. The van der Waals surface area contributed by atoms with Crippen molar-refractivity contribution in [2.75, 3.05) is 13.1 Å². The standard InChI is InChI=1S/C17H23FN2O2.ClH/c1-11-6-7-19-10-15(11)20-16(21)8-12(2)17(22)13-4-3-5-14(18)9-13;/h3-5,9,11-12,15,19H,6-8,10H2,1-2H3,(H,20,21);1H. The summed E-state index contributed by atoms with van der Waals surface area (Å²) in [6.07, 6.45) is 1.15. The van der Waals surface area contributed by atoms with Crippen LogP contribution < -0.4 is 10.6 Å². The lowest BCUT2D eigenvalue weighted by atomic mass is 9.93. The molecule has 2 N–H and O–H groups in total. The highest BCUT2D eigenvalue weighted by atomic mass is 35.5. The Balaban J connectivity index is 0.00000264. The molecule has 23 heavy (non-hydrogen) atoms. The van der Waals surface area contributed by atoms with Crippen molar-refractivity contribution in [2.45, 2.75) is 32.7 Å². The molecule has 0 spiro atoms. The number of carbonyl (C=O) groups excluding carboxylic acids is 2. The lowest BCUT2D eigenvalue weighted by molar-refractivity contribution is -0.122. The van der Waals surface area contributed by atoms with Crippen molar-refractivity contribution in [3.63, 3.8) is 0 Å². The zero-order valence-electron chi connectivity index (χ0n) is 13.5. The van der Waals surface area contributed by atoms with Crippen molar-refractivity contribution in [1.82, 2.24) is 10.6 Å². The minimum absolute atomic E-state index is 0. The van der Waals surface area contributed by atoms with Crippen LogP contribution in [0.5, 0.6) is 0 Å². The van der Waals surface area contributed by atoms with E-state index in [1.54, 1.807) is 13.0 Å². The summed E-state index contributed by atoms with van der Waals surface area (Å²) in [4.78, 5) is 24.3. The van der Waals surface area contributed by atoms with Crippen molar-refractivity contribution >= 4 is 24.1 Å². The van der Waals surface area contributed by atoms with Crippen LogP contribution in [0.3, 0.4) is 0 Å². The molecule has 6 heteroatoms. The molecule has 4 nitrogen and oxygen atoms in total. The topological polar surface area (TPSA) is 58.2 Å². The summed E-state index contributed by atoms with van der Waals surface area (Å²) < 4.78 is 13.2. The zero-order valence-corrected chi connectivity index (χ0v) is 14.3. The maximum absolute atomic E-state index is 13.2. The van der Waals surface area contributed by atoms with Gasteiger partial charge in [0.2, 0.25) is 5.91 Å². The van der Waals surface area contributed by atoms with Gasteiger partial charge in [-0.25, -0.2) is 4.39 Å². The number of benzene rings is 1. The van der Waals surface area contributed by atoms with Gasteiger partial charge in [0.1, 0.15) is 5.82 Å². The molecule has 1 amide bonds. The summed E-state index contributed by atoms with van der Waals surface area (Å²) in [6.45, 7) is 5.56. The van der Waals surface area contributed by atoms with Crippen LogP contribution in [-0.4, -0.2) is 30.8 Å². The van der Waals surface area contributed by atoms with E-state index in [0.717, 1.165) is 19.5 Å². The molecule has 3 unspecified atom stereocenters. The molecule has 0 radical (unpaired) electrons. The first kappa shape index (κ1) is 19.6. The Morgan fingerprint density at radius 3 is 2.83 bits per heavy atom. The molecule has 0 saturated carbocycles. The van der Waals surface area contributed by atoms with Crippen LogP contribution in [0.1, 0.15) is 37.0 Å². The average Bonchev–Trinajstić information content (AvgIpc) is 2.48. The van der Waals surface area contributed by atoms with Crippen LogP contribution in [-0.2, 0) is 4.79 Å². The maximum atomic E-state index is 13.2. The van der Waals surface area contributed by atoms with Crippen LogP contribution in [0.4, 0.5) is 4.39 Å². The lowest BCUT2D eigenvalue weighted by Gasteiger charge is -2.30. The summed E-state index contributed by atoms with van der Waals surface area (Å²) in [5.41, 5.74) is 0.313. The number of nitrogens with one attached hydrogen (secondary N) is 2. The van der Waals surface area contributed by atoms with Gasteiger partial charge >= 0.3 is 0 Å². The van der Waals surface area contributed by atoms with Crippen LogP contribution >= 0.6 is 12.4 Å². The summed E-state index contributed by atoms with van der Waals surface area (Å²) in [7, 11) is 0. The van der Waals surface area contributed by atoms with E-state index in [1.165, 1.54) is 18.2 Å². The molecular formula is C17H24ClFN2O2. The number of hydrogen-bond acceptors (Lipinski definition) is 3. The average molecular weight is 343 g/mol. The minimum Gasteiger partial charge on any atom is -0.352 e. The minimum atomic E-state index is -0.464. The Hall–Kier alpha value is -1.46. The third-order valence-corrected chi connectivity index (χ3v) is 4.22. The predicted octanol–water partition coefficient (Wildman–Crippen LogP) is 2.57. The van der Waals surface area contributed by atoms with Crippen molar-refractivity contribution in [2.24, 2.45) is 11.8 Å². The van der Waals surface area contributed by atoms with Crippen molar-refractivity contribution < 1.29 is 14.0 Å². The maximum Gasteiger partial charge on any atom is 0.220 e. The van der Waals surface area contributed by atoms with Crippen LogP contribution in [0, 0.1) is 17.7 Å². The Labute approximate surface area is 142 Å². The quantitative estimate of drug-likeness (QED) is 0.809. The fourth-order valence-electron chi connectivity index (χ4n) is 2.75. The van der Waals surface area contributed by atoms with Crippen LogP contribution in [0.15, 0.2) is 24.3 Å². The van der Waals surface area contributed by atoms with Gasteiger partial charge in [-0.2, -0.15) is 0 Å². The highest BCUT2D eigenvalue weighted by molar-refractivity contribution is 5.99. The molecular weight excluding hydrogens is 319 g/mol. The first-order valence-electron chi connectivity index (χ1n) is 7.77.